The number of rotatable bonds is 6. The Kier molecular flexibility index (Phi) is 5.87. The Morgan fingerprint density at radius 1 is 1.09 bits per heavy atom. The summed E-state index contributed by atoms with van der Waals surface area (Å²) in [4.78, 5) is 35.3. The number of methoxy groups -OCH3 is 1. The molecule has 2 N–H and O–H groups in total. The molecule has 7 heteroatoms. The molecular formula is C16H16N2O4S. The van der Waals surface area contributed by atoms with E-state index in [-0.39, 0.29) is 18.4 Å². The number of hydrogen-bond donors (Lipinski definition) is 2. The van der Waals surface area contributed by atoms with Crippen molar-refractivity contribution in [1.29, 1.82) is 0 Å². The normalized spacial score (nSPS) is 9.96. The lowest BCUT2D eigenvalue weighted by Gasteiger charge is -2.07. The molecule has 0 aliphatic carbocycles. The average Bonchev–Trinajstić information content (AvgIpc) is 3.12. The second-order valence-electron chi connectivity index (χ2n) is 4.63. The molecule has 2 amide bonds. The zero-order valence-electron chi connectivity index (χ0n) is 12.5. The second-order valence-corrected chi connectivity index (χ2v) is 5.57. The number of ether oxygens (including phenoxy) is 1. The summed E-state index contributed by atoms with van der Waals surface area (Å²) >= 11 is 1.32. The predicted molar refractivity (Wildman–Crippen MR) is 86.3 cm³/mol. The van der Waals surface area contributed by atoms with Crippen LogP contribution >= 0.6 is 11.3 Å². The Bertz CT molecular complexity index is 681. The van der Waals surface area contributed by atoms with E-state index in [0.717, 1.165) is 5.56 Å². The van der Waals surface area contributed by atoms with Crippen LogP contribution in [0.2, 0.25) is 0 Å². The molecule has 0 saturated carbocycles. The number of carbonyl (C=O) groups is 3. The van der Waals surface area contributed by atoms with Gasteiger partial charge in [0.15, 0.2) is 0 Å². The largest absolute Gasteiger partial charge is 0.465 e. The van der Waals surface area contributed by atoms with Gasteiger partial charge in [0.2, 0.25) is 5.91 Å². The maximum atomic E-state index is 11.7. The zero-order chi connectivity index (χ0) is 16.7. The minimum Gasteiger partial charge on any atom is -0.465 e. The van der Waals surface area contributed by atoms with Crippen LogP contribution in [-0.2, 0) is 16.1 Å². The smallest absolute Gasteiger partial charge is 0.337 e. The van der Waals surface area contributed by atoms with Crippen LogP contribution in [0.4, 0.5) is 0 Å². The molecular weight excluding hydrogens is 316 g/mol. The van der Waals surface area contributed by atoms with Gasteiger partial charge >= 0.3 is 5.97 Å². The molecule has 120 valence electrons. The molecule has 1 heterocycles. The molecule has 6 nitrogen and oxygen atoms in total. The predicted octanol–water partition coefficient (Wildman–Crippen LogP) is 1.58. The van der Waals surface area contributed by atoms with Crippen molar-refractivity contribution in [3.63, 3.8) is 0 Å². The molecule has 0 bridgehead atoms. The second kappa shape index (κ2) is 8.09. The van der Waals surface area contributed by atoms with E-state index in [4.69, 9.17) is 0 Å². The summed E-state index contributed by atoms with van der Waals surface area (Å²) in [7, 11) is 1.32. The van der Waals surface area contributed by atoms with Crippen LogP contribution in [-0.4, -0.2) is 31.4 Å². The third-order valence-electron chi connectivity index (χ3n) is 3.02. The van der Waals surface area contributed by atoms with Gasteiger partial charge in [-0.25, -0.2) is 4.79 Å². The first-order chi connectivity index (χ1) is 11.1. The van der Waals surface area contributed by atoms with Crippen molar-refractivity contribution in [3.05, 3.63) is 57.8 Å². The van der Waals surface area contributed by atoms with Crippen LogP contribution in [0.5, 0.6) is 0 Å². The Morgan fingerprint density at radius 3 is 2.43 bits per heavy atom. The number of hydrogen-bond acceptors (Lipinski definition) is 5. The van der Waals surface area contributed by atoms with Crippen LogP contribution < -0.4 is 10.6 Å². The van der Waals surface area contributed by atoms with Crippen LogP contribution in [0.15, 0.2) is 41.8 Å². The van der Waals surface area contributed by atoms with Crippen LogP contribution in [0, 0.1) is 0 Å². The van der Waals surface area contributed by atoms with E-state index in [1.54, 1.807) is 41.8 Å². The van der Waals surface area contributed by atoms with Gasteiger partial charge in [0, 0.05) is 6.54 Å². The molecule has 23 heavy (non-hydrogen) atoms. The summed E-state index contributed by atoms with van der Waals surface area (Å²) in [5.74, 6) is -0.957. The first-order valence-electron chi connectivity index (χ1n) is 6.86. The molecule has 0 saturated heterocycles. The first-order valence-corrected chi connectivity index (χ1v) is 7.74. The van der Waals surface area contributed by atoms with E-state index in [2.05, 4.69) is 15.4 Å². The topological polar surface area (TPSA) is 84.5 Å². The van der Waals surface area contributed by atoms with Crippen LogP contribution in [0.25, 0.3) is 0 Å². The number of nitrogens with one attached hydrogen (secondary N) is 2. The Labute approximate surface area is 137 Å². The summed E-state index contributed by atoms with van der Waals surface area (Å²) in [6, 6.07) is 10.2. The Balaban J connectivity index is 1.76. The summed E-state index contributed by atoms with van der Waals surface area (Å²) < 4.78 is 4.61. The van der Waals surface area contributed by atoms with Gasteiger partial charge in [-0.2, -0.15) is 0 Å². The molecule has 2 aromatic rings. The highest BCUT2D eigenvalue weighted by molar-refractivity contribution is 7.12. The highest BCUT2D eigenvalue weighted by atomic mass is 32.1. The monoisotopic (exact) mass is 332 g/mol. The van der Waals surface area contributed by atoms with Crippen molar-refractivity contribution in [2.75, 3.05) is 13.7 Å². The molecule has 0 spiro atoms. The van der Waals surface area contributed by atoms with Crippen LogP contribution in [0.3, 0.4) is 0 Å². The quantitative estimate of drug-likeness (QED) is 0.787. The summed E-state index contributed by atoms with van der Waals surface area (Å²) in [5.41, 5.74) is 1.29. The van der Waals surface area contributed by atoms with Gasteiger partial charge < -0.3 is 15.4 Å². The minimum absolute atomic E-state index is 0.0863. The van der Waals surface area contributed by atoms with Crippen molar-refractivity contribution in [2.24, 2.45) is 0 Å². The van der Waals surface area contributed by atoms with Gasteiger partial charge in [-0.05, 0) is 29.1 Å². The highest BCUT2D eigenvalue weighted by Crippen LogP contribution is 2.07. The number of esters is 1. The van der Waals surface area contributed by atoms with Gasteiger partial charge in [0.25, 0.3) is 5.91 Å². The zero-order valence-corrected chi connectivity index (χ0v) is 13.3. The fourth-order valence-electron chi connectivity index (χ4n) is 1.80. The van der Waals surface area contributed by atoms with Crippen molar-refractivity contribution >= 4 is 29.1 Å². The Morgan fingerprint density at radius 2 is 1.83 bits per heavy atom. The van der Waals surface area contributed by atoms with Gasteiger partial charge in [-0.3, -0.25) is 9.59 Å². The van der Waals surface area contributed by atoms with Gasteiger partial charge in [-0.1, -0.05) is 18.2 Å². The van der Waals surface area contributed by atoms with E-state index in [9.17, 15) is 14.4 Å². The fraction of sp³-hybridized carbons (Fsp3) is 0.188. The van der Waals surface area contributed by atoms with Gasteiger partial charge in [0.1, 0.15) is 0 Å². The highest BCUT2D eigenvalue weighted by Gasteiger charge is 2.09. The minimum atomic E-state index is -0.406. The van der Waals surface area contributed by atoms with Gasteiger partial charge in [0.05, 0.1) is 24.1 Å². The Hall–Kier alpha value is -2.67. The summed E-state index contributed by atoms with van der Waals surface area (Å²) in [6.45, 7) is 0.228. The number of benzene rings is 1. The maximum absolute atomic E-state index is 11.7. The molecule has 0 unspecified atom stereocenters. The van der Waals surface area contributed by atoms with E-state index < -0.39 is 5.97 Å². The lowest BCUT2D eigenvalue weighted by Crippen LogP contribution is -2.36. The maximum Gasteiger partial charge on any atom is 0.337 e. The fourth-order valence-corrected chi connectivity index (χ4v) is 2.44. The molecule has 1 aromatic heterocycles. The van der Waals surface area contributed by atoms with Crippen molar-refractivity contribution in [1.82, 2.24) is 10.6 Å². The van der Waals surface area contributed by atoms with E-state index in [1.165, 1.54) is 18.4 Å². The molecule has 0 radical (unpaired) electrons. The van der Waals surface area contributed by atoms with Crippen LogP contribution in [0.1, 0.15) is 25.6 Å². The number of amides is 2. The molecule has 2 rings (SSSR count). The van der Waals surface area contributed by atoms with E-state index in [0.29, 0.717) is 17.0 Å². The molecule has 0 atom stereocenters. The van der Waals surface area contributed by atoms with Crippen molar-refractivity contribution in [3.8, 4) is 0 Å². The van der Waals surface area contributed by atoms with E-state index >= 15 is 0 Å². The summed E-state index contributed by atoms with van der Waals surface area (Å²) in [6.07, 6.45) is 0. The number of carbonyl (C=O) groups excluding carboxylic acids is 3. The standard InChI is InChI=1S/C16H16N2O4S/c1-22-16(21)12-6-4-11(5-7-12)9-17-14(19)10-18-15(20)13-3-2-8-23-13/h2-8H,9-10H2,1H3,(H,17,19)(H,18,20). The third-order valence-corrected chi connectivity index (χ3v) is 3.89. The average molecular weight is 332 g/mol. The molecule has 0 fully saturated rings. The SMILES string of the molecule is COC(=O)c1ccc(CNC(=O)CNC(=O)c2cccs2)cc1. The van der Waals surface area contributed by atoms with E-state index in [1.807, 2.05) is 0 Å². The lowest BCUT2D eigenvalue weighted by molar-refractivity contribution is -0.120. The molecule has 0 aliphatic rings. The number of thiophene rings is 1. The van der Waals surface area contributed by atoms with Crippen molar-refractivity contribution in [2.45, 2.75) is 6.54 Å². The van der Waals surface area contributed by atoms with Crippen molar-refractivity contribution < 1.29 is 19.1 Å². The lowest BCUT2D eigenvalue weighted by atomic mass is 10.1. The summed E-state index contributed by atoms with van der Waals surface area (Å²) in [5, 5.41) is 7.05. The third kappa shape index (κ3) is 4.93. The van der Waals surface area contributed by atoms with Gasteiger partial charge in [-0.15, -0.1) is 11.3 Å². The molecule has 1 aromatic carbocycles. The molecule has 0 aliphatic heterocycles. The first kappa shape index (κ1) is 16.7.